The van der Waals surface area contributed by atoms with Crippen LogP contribution in [0.15, 0.2) is 57.3 Å². The van der Waals surface area contributed by atoms with Gasteiger partial charge in [-0.3, -0.25) is 9.59 Å². The lowest BCUT2D eigenvalue weighted by molar-refractivity contribution is 0.868. The van der Waals surface area contributed by atoms with Gasteiger partial charge in [-0.25, -0.2) is 14.6 Å². The molecule has 11 heteroatoms. The molecule has 0 radical (unpaired) electrons. The maximum Gasteiger partial charge on any atom is 0.275 e. The number of H-pyrrole nitrogens is 1. The number of aromatic amines is 1. The summed E-state index contributed by atoms with van der Waals surface area (Å²) in [6, 6.07) is 10.9. The van der Waals surface area contributed by atoms with Gasteiger partial charge in [0.15, 0.2) is 10.8 Å². The fourth-order valence-electron chi connectivity index (χ4n) is 2.89. The molecule has 144 valence electrons. The van der Waals surface area contributed by atoms with Crippen LogP contribution in [0.5, 0.6) is 0 Å². The van der Waals surface area contributed by atoms with E-state index >= 15 is 0 Å². The van der Waals surface area contributed by atoms with Crippen LogP contribution in [-0.4, -0.2) is 34.3 Å². The monoisotopic (exact) mass is 423 g/mol. The first-order valence-electron chi connectivity index (χ1n) is 8.61. The highest BCUT2D eigenvalue weighted by Crippen LogP contribution is 2.21. The molecule has 0 spiro atoms. The highest BCUT2D eigenvalue weighted by atomic mass is 32.2. The number of thioether (sulfide) groups is 1. The van der Waals surface area contributed by atoms with E-state index in [4.69, 9.17) is 0 Å². The number of nitrogens with one attached hydrogen (secondary N) is 1. The first-order chi connectivity index (χ1) is 14.1. The topological polar surface area (TPSA) is 111 Å². The van der Waals surface area contributed by atoms with Crippen molar-refractivity contribution in [2.45, 2.75) is 17.8 Å². The SMILES string of the molecule is Cc1nn2c(=O)cc(CSc3nc4c(cnn4-c4ccccc4)c(=O)[nH]3)nc2s1. The zero-order valence-corrected chi connectivity index (χ0v) is 16.7. The number of rotatable bonds is 4. The minimum Gasteiger partial charge on any atom is -0.301 e. The van der Waals surface area contributed by atoms with Gasteiger partial charge in [-0.1, -0.05) is 41.3 Å². The van der Waals surface area contributed by atoms with E-state index in [1.165, 1.54) is 39.9 Å². The molecule has 0 aliphatic rings. The lowest BCUT2D eigenvalue weighted by Gasteiger charge is -2.04. The third-order valence-electron chi connectivity index (χ3n) is 4.17. The minimum absolute atomic E-state index is 0.228. The number of aryl methyl sites for hydroxylation is 1. The molecule has 5 aromatic rings. The van der Waals surface area contributed by atoms with E-state index in [-0.39, 0.29) is 11.1 Å². The van der Waals surface area contributed by atoms with Crippen molar-refractivity contribution in [3.05, 3.63) is 74.0 Å². The maximum atomic E-state index is 12.4. The Morgan fingerprint density at radius 2 is 2.00 bits per heavy atom. The number of hydrogen-bond donors (Lipinski definition) is 1. The van der Waals surface area contributed by atoms with Crippen molar-refractivity contribution < 1.29 is 0 Å². The standard InChI is InChI=1S/C18H13N7O2S2/c1-10-23-25-14(26)7-11(20-18(25)29-10)9-28-17-21-15-13(16(27)22-17)8-19-24(15)12-5-3-2-4-6-12/h2-8H,9H2,1H3,(H,21,22,27). The Morgan fingerprint density at radius 3 is 2.83 bits per heavy atom. The van der Waals surface area contributed by atoms with Gasteiger partial charge in [0.05, 0.1) is 17.6 Å². The maximum absolute atomic E-state index is 12.4. The summed E-state index contributed by atoms with van der Waals surface area (Å²) >= 11 is 2.65. The summed E-state index contributed by atoms with van der Waals surface area (Å²) in [5.74, 6) is 0.386. The number of benzene rings is 1. The van der Waals surface area contributed by atoms with Crippen molar-refractivity contribution in [1.82, 2.24) is 34.3 Å². The predicted molar refractivity (Wildman–Crippen MR) is 111 cm³/mol. The van der Waals surface area contributed by atoms with Gasteiger partial charge in [-0.2, -0.15) is 14.7 Å². The summed E-state index contributed by atoms with van der Waals surface area (Å²) in [5.41, 5.74) is 1.40. The van der Waals surface area contributed by atoms with E-state index in [9.17, 15) is 9.59 Å². The smallest absolute Gasteiger partial charge is 0.275 e. The largest absolute Gasteiger partial charge is 0.301 e. The van der Waals surface area contributed by atoms with Gasteiger partial charge in [0, 0.05) is 11.8 Å². The number of fused-ring (bicyclic) bond motifs is 2. The minimum atomic E-state index is -0.263. The Hall–Kier alpha value is -3.31. The summed E-state index contributed by atoms with van der Waals surface area (Å²) in [4.78, 5) is 37.0. The molecule has 0 saturated carbocycles. The Balaban J connectivity index is 1.49. The molecular weight excluding hydrogens is 410 g/mol. The van der Waals surface area contributed by atoms with Crippen molar-refractivity contribution in [1.29, 1.82) is 0 Å². The first-order valence-corrected chi connectivity index (χ1v) is 10.4. The molecule has 5 rings (SSSR count). The summed E-state index contributed by atoms with van der Waals surface area (Å²) in [6.45, 7) is 1.83. The molecule has 29 heavy (non-hydrogen) atoms. The number of nitrogens with zero attached hydrogens (tertiary/aromatic N) is 6. The second-order valence-electron chi connectivity index (χ2n) is 6.19. The number of hydrogen-bond acceptors (Lipinski definition) is 8. The molecule has 0 amide bonds. The van der Waals surface area contributed by atoms with Crippen LogP contribution in [0, 0.1) is 6.92 Å². The van der Waals surface area contributed by atoms with Crippen LogP contribution in [0.2, 0.25) is 0 Å². The fourth-order valence-corrected chi connectivity index (χ4v) is 4.41. The van der Waals surface area contributed by atoms with Crippen LogP contribution in [0.4, 0.5) is 0 Å². The molecule has 0 aliphatic heterocycles. The highest BCUT2D eigenvalue weighted by molar-refractivity contribution is 7.98. The summed E-state index contributed by atoms with van der Waals surface area (Å²) in [6.07, 6.45) is 1.51. The fraction of sp³-hybridized carbons (Fsp3) is 0.111. The number of aromatic nitrogens is 7. The third kappa shape index (κ3) is 3.23. The molecule has 0 atom stereocenters. The van der Waals surface area contributed by atoms with Crippen molar-refractivity contribution >= 4 is 39.1 Å². The normalized spacial score (nSPS) is 11.5. The van der Waals surface area contributed by atoms with Crippen LogP contribution in [0.1, 0.15) is 10.7 Å². The number of para-hydroxylation sites is 1. The van der Waals surface area contributed by atoms with Gasteiger partial charge in [0.1, 0.15) is 10.4 Å². The molecule has 9 nitrogen and oxygen atoms in total. The van der Waals surface area contributed by atoms with Crippen LogP contribution in [0.3, 0.4) is 0 Å². The Kier molecular flexibility index (Phi) is 4.25. The second-order valence-corrected chi connectivity index (χ2v) is 8.31. The van der Waals surface area contributed by atoms with Crippen molar-refractivity contribution in [2.75, 3.05) is 0 Å². The Morgan fingerprint density at radius 1 is 1.17 bits per heavy atom. The highest BCUT2D eigenvalue weighted by Gasteiger charge is 2.13. The van der Waals surface area contributed by atoms with Gasteiger partial charge in [-0.05, 0) is 19.1 Å². The summed E-state index contributed by atoms with van der Waals surface area (Å²) < 4.78 is 2.92. The van der Waals surface area contributed by atoms with Gasteiger partial charge in [-0.15, -0.1) is 0 Å². The molecule has 0 bridgehead atoms. The summed E-state index contributed by atoms with van der Waals surface area (Å²) in [5, 5.41) is 10.0. The van der Waals surface area contributed by atoms with Crippen molar-refractivity contribution in [2.24, 2.45) is 0 Å². The lowest BCUT2D eigenvalue weighted by Crippen LogP contribution is -2.15. The van der Waals surface area contributed by atoms with Crippen LogP contribution >= 0.6 is 23.1 Å². The van der Waals surface area contributed by atoms with E-state index in [0.29, 0.717) is 32.6 Å². The molecule has 4 heterocycles. The zero-order valence-electron chi connectivity index (χ0n) is 15.1. The van der Waals surface area contributed by atoms with Gasteiger partial charge in [0.25, 0.3) is 11.1 Å². The quantitative estimate of drug-likeness (QED) is 0.348. The molecule has 1 aromatic carbocycles. The van der Waals surface area contributed by atoms with E-state index in [1.54, 1.807) is 4.68 Å². The van der Waals surface area contributed by atoms with Crippen molar-refractivity contribution in [3.63, 3.8) is 0 Å². The molecule has 0 aliphatic carbocycles. The molecule has 4 aromatic heterocycles. The average molecular weight is 423 g/mol. The Bertz CT molecular complexity index is 1470. The first kappa shape index (κ1) is 17.8. The van der Waals surface area contributed by atoms with Crippen LogP contribution in [0.25, 0.3) is 21.7 Å². The summed E-state index contributed by atoms with van der Waals surface area (Å²) in [7, 11) is 0. The van der Waals surface area contributed by atoms with E-state index < -0.39 is 0 Å². The average Bonchev–Trinajstić information content (AvgIpc) is 3.31. The van der Waals surface area contributed by atoms with Gasteiger partial charge >= 0.3 is 0 Å². The van der Waals surface area contributed by atoms with Gasteiger partial charge < -0.3 is 4.98 Å². The van der Waals surface area contributed by atoms with Crippen LogP contribution < -0.4 is 11.1 Å². The van der Waals surface area contributed by atoms with Crippen LogP contribution in [-0.2, 0) is 5.75 Å². The zero-order chi connectivity index (χ0) is 20.0. The molecule has 0 fully saturated rings. The lowest BCUT2D eigenvalue weighted by atomic mass is 10.3. The molecule has 1 N–H and O–H groups in total. The third-order valence-corrected chi connectivity index (χ3v) is 5.90. The molecular formula is C18H13N7O2S2. The van der Waals surface area contributed by atoms with E-state index in [1.807, 2.05) is 37.3 Å². The molecule has 0 saturated heterocycles. The second kappa shape index (κ2) is 6.94. The predicted octanol–water partition coefficient (Wildman–Crippen LogP) is 2.17. The van der Waals surface area contributed by atoms with E-state index in [0.717, 1.165) is 10.7 Å². The molecule has 0 unspecified atom stereocenters. The van der Waals surface area contributed by atoms with E-state index in [2.05, 4.69) is 25.1 Å². The van der Waals surface area contributed by atoms with Crippen molar-refractivity contribution in [3.8, 4) is 5.69 Å². The van der Waals surface area contributed by atoms with Gasteiger partial charge in [0.2, 0.25) is 4.96 Å². The Labute approximate surface area is 171 Å².